The highest BCUT2D eigenvalue weighted by Gasteiger charge is 2.14. The van der Waals surface area contributed by atoms with Gasteiger partial charge >= 0.3 is 0 Å². The van der Waals surface area contributed by atoms with Crippen LogP contribution in [0.15, 0.2) is 28.9 Å². The number of nitrogens with zero attached hydrogens (tertiary/aromatic N) is 4. The summed E-state index contributed by atoms with van der Waals surface area (Å²) in [6, 6.07) is 7.80. The van der Waals surface area contributed by atoms with Gasteiger partial charge in [-0.15, -0.1) is 0 Å². The topological polar surface area (TPSA) is 92.3 Å². The first kappa shape index (κ1) is 19.8. The molecule has 0 fully saturated rings. The van der Waals surface area contributed by atoms with Gasteiger partial charge in [-0.3, -0.25) is 4.79 Å². The fourth-order valence-electron chi connectivity index (χ4n) is 3.10. The van der Waals surface area contributed by atoms with E-state index in [4.69, 9.17) is 10.00 Å². The van der Waals surface area contributed by atoms with Gasteiger partial charge in [0.15, 0.2) is 5.65 Å². The Morgan fingerprint density at radius 2 is 2.18 bits per heavy atom. The molecule has 0 saturated carbocycles. The van der Waals surface area contributed by atoms with Crippen molar-refractivity contribution < 1.29 is 9.53 Å². The molecule has 0 saturated heterocycles. The van der Waals surface area contributed by atoms with Gasteiger partial charge in [0.05, 0.1) is 17.8 Å². The van der Waals surface area contributed by atoms with E-state index in [1.165, 1.54) is 6.20 Å². The summed E-state index contributed by atoms with van der Waals surface area (Å²) in [5.74, 6) is 0.714. The largest absolute Gasteiger partial charge is 0.496 e. The quantitative estimate of drug-likeness (QED) is 0.633. The fraction of sp³-hybridized carbons (Fsp3) is 0.300. The van der Waals surface area contributed by atoms with Crippen molar-refractivity contribution in [1.82, 2.24) is 19.9 Å². The number of carbonyl (C=O) groups is 1. The molecule has 0 spiro atoms. The monoisotopic (exact) mass is 441 g/mol. The van der Waals surface area contributed by atoms with Crippen molar-refractivity contribution in [2.45, 2.75) is 33.2 Å². The maximum absolute atomic E-state index is 12.3. The molecular weight excluding hydrogens is 422 g/mol. The third-order valence-electron chi connectivity index (χ3n) is 4.64. The van der Waals surface area contributed by atoms with Gasteiger partial charge < -0.3 is 10.1 Å². The number of aromatic nitrogens is 3. The Labute approximate surface area is 171 Å². The van der Waals surface area contributed by atoms with Crippen LogP contribution in [-0.4, -0.2) is 27.6 Å². The summed E-state index contributed by atoms with van der Waals surface area (Å²) in [6.07, 6.45) is 2.41. The zero-order valence-electron chi connectivity index (χ0n) is 15.9. The van der Waals surface area contributed by atoms with Gasteiger partial charge in [-0.05, 0) is 59.5 Å². The second kappa shape index (κ2) is 8.40. The number of amides is 1. The standard InChI is InChI=1S/C20H20BrN5O2/c1-12-16(13(2)26-20(25-12)15(9-22)11-24-26)5-7-19(27)23-10-14-4-6-18(28-3)17(21)8-14/h4,6,8,11H,5,7,10H2,1-3H3,(H,23,27). The molecule has 8 heteroatoms. The van der Waals surface area contributed by atoms with E-state index in [-0.39, 0.29) is 5.91 Å². The number of benzene rings is 1. The minimum atomic E-state index is -0.0379. The van der Waals surface area contributed by atoms with Crippen molar-refractivity contribution in [2.75, 3.05) is 7.11 Å². The van der Waals surface area contributed by atoms with Crippen molar-refractivity contribution in [2.24, 2.45) is 0 Å². The van der Waals surface area contributed by atoms with Gasteiger partial charge in [-0.1, -0.05) is 6.07 Å². The maximum Gasteiger partial charge on any atom is 0.220 e. The van der Waals surface area contributed by atoms with Crippen molar-refractivity contribution in [3.05, 3.63) is 56.9 Å². The van der Waals surface area contributed by atoms with Crippen molar-refractivity contribution in [3.8, 4) is 11.8 Å². The molecule has 0 aliphatic rings. The summed E-state index contributed by atoms with van der Waals surface area (Å²) in [7, 11) is 1.61. The predicted octanol–water partition coefficient (Wildman–Crippen LogP) is 3.24. The average Bonchev–Trinajstić information content (AvgIpc) is 3.09. The molecular formula is C20H20BrN5O2. The predicted molar refractivity (Wildman–Crippen MR) is 108 cm³/mol. The molecule has 0 atom stereocenters. The van der Waals surface area contributed by atoms with Crippen LogP contribution in [0.5, 0.6) is 5.75 Å². The molecule has 0 bridgehead atoms. The number of hydrogen-bond donors (Lipinski definition) is 1. The third kappa shape index (κ3) is 3.99. The second-order valence-electron chi connectivity index (χ2n) is 6.41. The van der Waals surface area contributed by atoms with Crippen molar-refractivity contribution >= 4 is 27.5 Å². The number of halogens is 1. The van der Waals surface area contributed by atoms with Crippen LogP contribution in [-0.2, 0) is 17.8 Å². The summed E-state index contributed by atoms with van der Waals surface area (Å²) in [5.41, 5.74) is 4.67. The highest BCUT2D eigenvalue weighted by atomic mass is 79.9. The van der Waals surface area contributed by atoms with E-state index in [0.29, 0.717) is 30.6 Å². The lowest BCUT2D eigenvalue weighted by molar-refractivity contribution is -0.121. The molecule has 7 nitrogen and oxygen atoms in total. The van der Waals surface area contributed by atoms with Crippen LogP contribution in [0.2, 0.25) is 0 Å². The van der Waals surface area contributed by atoms with Crippen LogP contribution in [0.4, 0.5) is 0 Å². The number of nitriles is 1. The summed E-state index contributed by atoms with van der Waals surface area (Å²) in [6.45, 7) is 4.27. The molecule has 2 aromatic heterocycles. The number of rotatable bonds is 6. The first-order chi connectivity index (χ1) is 13.4. The Bertz CT molecular complexity index is 1080. The van der Waals surface area contributed by atoms with Gasteiger partial charge in [0.2, 0.25) is 5.91 Å². The molecule has 3 rings (SSSR count). The lowest BCUT2D eigenvalue weighted by atomic mass is 10.1. The van der Waals surface area contributed by atoms with E-state index in [2.05, 4.69) is 37.4 Å². The Balaban J connectivity index is 1.65. The van der Waals surface area contributed by atoms with Crippen LogP contribution in [0.25, 0.3) is 5.65 Å². The Morgan fingerprint density at radius 3 is 2.86 bits per heavy atom. The normalized spacial score (nSPS) is 10.7. The lowest BCUT2D eigenvalue weighted by Gasteiger charge is -2.12. The molecule has 2 heterocycles. The Kier molecular flexibility index (Phi) is 5.95. The van der Waals surface area contributed by atoms with Crippen molar-refractivity contribution in [1.29, 1.82) is 5.26 Å². The molecule has 28 heavy (non-hydrogen) atoms. The third-order valence-corrected chi connectivity index (χ3v) is 5.26. The first-order valence-corrected chi connectivity index (χ1v) is 9.57. The molecule has 0 aliphatic heterocycles. The highest BCUT2D eigenvalue weighted by molar-refractivity contribution is 9.10. The Hall–Kier alpha value is -2.92. The number of aryl methyl sites for hydroxylation is 2. The molecule has 0 radical (unpaired) electrons. The molecule has 3 aromatic rings. The number of carbonyl (C=O) groups excluding carboxylic acids is 1. The number of hydrogen-bond acceptors (Lipinski definition) is 5. The Morgan fingerprint density at radius 1 is 1.39 bits per heavy atom. The summed E-state index contributed by atoms with van der Waals surface area (Å²) in [5, 5.41) is 16.3. The number of nitrogens with one attached hydrogen (secondary N) is 1. The van der Waals surface area contributed by atoms with E-state index < -0.39 is 0 Å². The molecule has 1 aromatic carbocycles. The van der Waals surface area contributed by atoms with Crippen LogP contribution >= 0.6 is 15.9 Å². The summed E-state index contributed by atoms with van der Waals surface area (Å²) >= 11 is 3.45. The molecule has 1 N–H and O–H groups in total. The van der Waals surface area contributed by atoms with Crippen molar-refractivity contribution in [3.63, 3.8) is 0 Å². The maximum atomic E-state index is 12.3. The SMILES string of the molecule is COc1ccc(CNC(=O)CCc2c(C)nc3c(C#N)cnn3c2C)cc1Br. The number of ether oxygens (including phenoxy) is 1. The van der Waals surface area contributed by atoms with E-state index >= 15 is 0 Å². The lowest BCUT2D eigenvalue weighted by Crippen LogP contribution is -2.23. The smallest absolute Gasteiger partial charge is 0.220 e. The molecule has 1 amide bonds. The minimum absolute atomic E-state index is 0.0379. The average molecular weight is 442 g/mol. The minimum Gasteiger partial charge on any atom is -0.496 e. The van der Waals surface area contributed by atoms with Gasteiger partial charge in [0.1, 0.15) is 17.4 Å². The number of methoxy groups -OCH3 is 1. The zero-order valence-corrected chi connectivity index (χ0v) is 17.5. The number of fused-ring (bicyclic) bond motifs is 1. The van der Waals surface area contributed by atoms with E-state index in [0.717, 1.165) is 32.7 Å². The van der Waals surface area contributed by atoms with Crippen LogP contribution in [0.3, 0.4) is 0 Å². The fourth-order valence-corrected chi connectivity index (χ4v) is 3.69. The molecule has 144 valence electrons. The zero-order chi connectivity index (χ0) is 20.3. The highest BCUT2D eigenvalue weighted by Crippen LogP contribution is 2.25. The summed E-state index contributed by atoms with van der Waals surface area (Å²) in [4.78, 5) is 16.8. The van der Waals surface area contributed by atoms with E-state index in [1.807, 2.05) is 32.0 Å². The van der Waals surface area contributed by atoms with Crippen LogP contribution < -0.4 is 10.1 Å². The molecule has 0 aliphatic carbocycles. The first-order valence-electron chi connectivity index (χ1n) is 8.77. The van der Waals surface area contributed by atoms with Gasteiger partial charge in [0, 0.05) is 24.4 Å². The second-order valence-corrected chi connectivity index (χ2v) is 7.27. The summed E-state index contributed by atoms with van der Waals surface area (Å²) < 4.78 is 7.72. The van der Waals surface area contributed by atoms with Gasteiger partial charge in [-0.25, -0.2) is 9.50 Å². The van der Waals surface area contributed by atoms with Gasteiger partial charge in [0.25, 0.3) is 0 Å². The van der Waals surface area contributed by atoms with Gasteiger partial charge in [-0.2, -0.15) is 10.4 Å². The molecule has 0 unspecified atom stereocenters. The van der Waals surface area contributed by atoms with E-state index in [1.54, 1.807) is 11.6 Å². The van der Waals surface area contributed by atoms with Crippen LogP contribution in [0.1, 0.15) is 34.5 Å². The van der Waals surface area contributed by atoms with E-state index in [9.17, 15) is 4.79 Å². The van der Waals surface area contributed by atoms with Crippen LogP contribution in [0, 0.1) is 25.2 Å².